The van der Waals surface area contributed by atoms with E-state index in [9.17, 15) is 9.18 Å². The maximum atomic E-state index is 13.4. The van der Waals surface area contributed by atoms with Crippen LogP contribution in [0.4, 0.5) is 4.39 Å². The lowest BCUT2D eigenvalue weighted by atomic mass is 10.0. The Hall–Kier alpha value is -4.04. The largest absolute Gasteiger partial charge is 0.486 e. The van der Waals surface area contributed by atoms with Crippen LogP contribution in [0.25, 0.3) is 0 Å². The number of aliphatic carboxylic acids is 1. The van der Waals surface area contributed by atoms with Crippen LogP contribution in [0.3, 0.4) is 0 Å². The number of hydrogen-bond donors (Lipinski definition) is 1. The summed E-state index contributed by atoms with van der Waals surface area (Å²) in [4.78, 5) is 12.7. The van der Waals surface area contributed by atoms with E-state index in [1.54, 1.807) is 54.6 Å². The highest BCUT2D eigenvalue weighted by molar-refractivity contribution is 5.69. The predicted octanol–water partition coefficient (Wildman–Crippen LogP) is 5.69. The molecule has 0 saturated heterocycles. The van der Waals surface area contributed by atoms with Crippen LogP contribution >= 0.6 is 0 Å². The fourth-order valence-electron chi connectivity index (χ4n) is 3.79. The molecular weight excluding hydrogens is 465 g/mol. The summed E-state index contributed by atoms with van der Waals surface area (Å²) >= 11 is 0. The van der Waals surface area contributed by atoms with Crippen LogP contribution in [0.15, 0.2) is 96.6 Å². The second kappa shape index (κ2) is 12.1. The van der Waals surface area contributed by atoms with Crippen molar-refractivity contribution in [1.29, 1.82) is 0 Å². The summed E-state index contributed by atoms with van der Waals surface area (Å²) in [6, 6.07) is 13.1. The molecule has 0 fully saturated rings. The third kappa shape index (κ3) is 7.23. The van der Waals surface area contributed by atoms with E-state index in [0.29, 0.717) is 30.2 Å². The minimum atomic E-state index is -0.898. The van der Waals surface area contributed by atoms with E-state index in [-0.39, 0.29) is 18.3 Å². The average molecular weight is 494 g/mol. The lowest BCUT2D eigenvalue weighted by Crippen LogP contribution is -2.28. The molecule has 1 aliphatic heterocycles. The summed E-state index contributed by atoms with van der Waals surface area (Å²) in [5.41, 5.74) is 1.83. The molecule has 0 bridgehead atoms. The van der Waals surface area contributed by atoms with Gasteiger partial charge < -0.3 is 24.1 Å². The SMILES string of the molecule is CN(CCC(Oc1ccc(OC2=COC=C(C3=CC=CCC3)O2)cc1)c1ccc(F)cc1)CC(=O)O. The van der Waals surface area contributed by atoms with Gasteiger partial charge in [-0.25, -0.2) is 4.39 Å². The number of likely N-dealkylation sites (N-methyl/N-ethyl adjacent to an activating group) is 1. The zero-order chi connectivity index (χ0) is 25.3. The lowest BCUT2D eigenvalue weighted by Gasteiger charge is -2.23. The molecule has 1 N–H and O–H groups in total. The summed E-state index contributed by atoms with van der Waals surface area (Å²) in [5, 5.41) is 9.00. The second-order valence-electron chi connectivity index (χ2n) is 8.47. The van der Waals surface area contributed by atoms with Crippen molar-refractivity contribution in [3.63, 3.8) is 0 Å². The quantitative estimate of drug-likeness (QED) is 0.431. The molecule has 4 rings (SSSR count). The van der Waals surface area contributed by atoms with Crippen LogP contribution < -0.4 is 9.47 Å². The number of carboxylic acids is 1. The summed E-state index contributed by atoms with van der Waals surface area (Å²) in [6.45, 7) is 0.414. The van der Waals surface area contributed by atoms with Crippen LogP contribution in [0.1, 0.15) is 30.9 Å². The van der Waals surface area contributed by atoms with Crippen LogP contribution in [0.5, 0.6) is 11.5 Å². The van der Waals surface area contributed by atoms with Gasteiger partial charge in [0.2, 0.25) is 0 Å². The molecular formula is C28H28FNO6. The van der Waals surface area contributed by atoms with Crippen LogP contribution in [0.2, 0.25) is 0 Å². The van der Waals surface area contributed by atoms with Crippen molar-refractivity contribution in [2.45, 2.75) is 25.4 Å². The Morgan fingerprint density at radius 1 is 1.11 bits per heavy atom. The highest BCUT2D eigenvalue weighted by atomic mass is 19.1. The first-order valence-electron chi connectivity index (χ1n) is 11.7. The molecule has 2 aliphatic rings. The molecule has 0 amide bonds. The first kappa shape index (κ1) is 25.1. The second-order valence-corrected chi connectivity index (χ2v) is 8.47. The summed E-state index contributed by atoms with van der Waals surface area (Å²) in [6.07, 6.45) is 11.0. The molecule has 188 valence electrons. The van der Waals surface area contributed by atoms with Gasteiger partial charge >= 0.3 is 11.9 Å². The Kier molecular flexibility index (Phi) is 8.41. The van der Waals surface area contributed by atoms with Gasteiger partial charge in [-0.2, -0.15) is 0 Å². The Morgan fingerprint density at radius 3 is 2.56 bits per heavy atom. The van der Waals surface area contributed by atoms with Crippen molar-refractivity contribution in [2.24, 2.45) is 0 Å². The van der Waals surface area contributed by atoms with Crippen LogP contribution in [-0.4, -0.2) is 36.1 Å². The van der Waals surface area contributed by atoms with E-state index >= 15 is 0 Å². The molecule has 0 saturated carbocycles. The highest BCUT2D eigenvalue weighted by Gasteiger charge is 2.18. The Morgan fingerprint density at radius 2 is 1.86 bits per heavy atom. The molecule has 2 aromatic rings. The molecule has 1 aliphatic carbocycles. The van der Waals surface area contributed by atoms with Gasteiger partial charge in [0, 0.05) is 13.0 Å². The van der Waals surface area contributed by atoms with Gasteiger partial charge in [0.1, 0.15) is 29.7 Å². The van der Waals surface area contributed by atoms with Crippen molar-refractivity contribution in [2.75, 3.05) is 20.1 Å². The lowest BCUT2D eigenvalue weighted by molar-refractivity contribution is -0.138. The van der Waals surface area contributed by atoms with Crippen LogP contribution in [0, 0.1) is 5.82 Å². The summed E-state index contributed by atoms with van der Waals surface area (Å²) in [5.74, 6) is 0.737. The maximum absolute atomic E-state index is 13.4. The van der Waals surface area contributed by atoms with E-state index in [2.05, 4.69) is 6.08 Å². The molecule has 8 heteroatoms. The van der Waals surface area contributed by atoms with Gasteiger partial charge in [-0.1, -0.05) is 30.4 Å². The summed E-state index contributed by atoms with van der Waals surface area (Å²) < 4.78 is 36.7. The number of nitrogens with zero attached hydrogens (tertiary/aromatic N) is 1. The number of rotatable bonds is 11. The number of ether oxygens (including phenoxy) is 4. The molecule has 1 unspecified atom stereocenters. The Bertz CT molecular complexity index is 1170. The molecule has 1 atom stereocenters. The minimum absolute atomic E-state index is 0.0747. The van der Waals surface area contributed by atoms with E-state index in [1.165, 1.54) is 18.4 Å². The van der Waals surface area contributed by atoms with Crippen molar-refractivity contribution in [1.82, 2.24) is 4.90 Å². The van der Waals surface area contributed by atoms with Gasteiger partial charge in [0.15, 0.2) is 12.0 Å². The molecule has 7 nitrogen and oxygen atoms in total. The van der Waals surface area contributed by atoms with Gasteiger partial charge in [-0.05, 0) is 67.4 Å². The monoisotopic (exact) mass is 493 g/mol. The molecule has 0 spiro atoms. The smallest absolute Gasteiger partial charge is 0.327 e. The molecule has 0 aromatic heterocycles. The molecule has 36 heavy (non-hydrogen) atoms. The first-order valence-corrected chi connectivity index (χ1v) is 11.7. The third-order valence-corrected chi connectivity index (χ3v) is 5.62. The van der Waals surface area contributed by atoms with Crippen LogP contribution in [-0.2, 0) is 14.3 Å². The average Bonchev–Trinajstić information content (AvgIpc) is 2.88. The van der Waals surface area contributed by atoms with E-state index in [4.69, 9.17) is 24.1 Å². The number of carbonyl (C=O) groups is 1. The van der Waals surface area contributed by atoms with Gasteiger partial charge in [0.05, 0.1) is 6.54 Å². The number of benzene rings is 2. The fraction of sp³-hybridized carbons (Fsp3) is 0.250. The van der Waals surface area contributed by atoms with Crippen molar-refractivity contribution in [3.8, 4) is 11.5 Å². The summed E-state index contributed by atoms with van der Waals surface area (Å²) in [7, 11) is 1.73. The molecule has 0 radical (unpaired) electrons. The number of halogens is 1. The van der Waals surface area contributed by atoms with E-state index in [1.807, 2.05) is 12.2 Å². The standard InChI is InChI=1S/C28H28FNO6/c1-30(17-27(31)32)16-15-25(21-7-9-22(29)10-8-21)34-23-11-13-24(14-12-23)35-28-19-33-18-26(36-28)20-5-3-2-4-6-20/h2-3,5,7-14,18-19,25H,4,6,15-17H2,1H3,(H,31,32). The van der Waals surface area contributed by atoms with Crippen molar-refractivity contribution < 1.29 is 33.2 Å². The normalized spacial score (nSPS) is 15.7. The van der Waals surface area contributed by atoms with Gasteiger partial charge in [-0.15, -0.1) is 0 Å². The first-order chi connectivity index (χ1) is 17.5. The molecule has 2 aromatic carbocycles. The zero-order valence-corrected chi connectivity index (χ0v) is 19.9. The Balaban J connectivity index is 1.38. The minimum Gasteiger partial charge on any atom is -0.486 e. The van der Waals surface area contributed by atoms with E-state index < -0.39 is 12.1 Å². The highest BCUT2D eigenvalue weighted by Crippen LogP contribution is 2.30. The Labute approximate surface area is 209 Å². The van der Waals surface area contributed by atoms with Gasteiger partial charge in [-0.3, -0.25) is 9.69 Å². The van der Waals surface area contributed by atoms with Gasteiger partial charge in [0.25, 0.3) is 0 Å². The number of carboxylic acid groups (broad SMARTS) is 1. The van der Waals surface area contributed by atoms with E-state index in [0.717, 1.165) is 24.0 Å². The third-order valence-electron chi connectivity index (χ3n) is 5.62. The number of hydrogen-bond acceptors (Lipinski definition) is 6. The number of allylic oxidation sites excluding steroid dienone is 4. The maximum Gasteiger partial charge on any atom is 0.327 e. The topological polar surface area (TPSA) is 77.5 Å². The zero-order valence-electron chi connectivity index (χ0n) is 19.9. The van der Waals surface area contributed by atoms with Crippen molar-refractivity contribution in [3.05, 3.63) is 108 Å². The fourth-order valence-corrected chi connectivity index (χ4v) is 3.79. The molecule has 1 heterocycles. The van der Waals surface area contributed by atoms with Crippen molar-refractivity contribution >= 4 is 5.97 Å². The predicted molar refractivity (Wildman–Crippen MR) is 131 cm³/mol.